The van der Waals surface area contributed by atoms with Crippen LogP contribution in [0.25, 0.3) is 22.2 Å². The zero-order valence-electron chi connectivity index (χ0n) is 13.7. The van der Waals surface area contributed by atoms with E-state index in [9.17, 15) is 4.79 Å². The average molecular weight is 307 g/mol. The van der Waals surface area contributed by atoms with E-state index in [0.29, 0.717) is 6.42 Å². The van der Waals surface area contributed by atoms with Gasteiger partial charge in [0, 0.05) is 18.0 Å². The van der Waals surface area contributed by atoms with E-state index in [1.807, 2.05) is 30.3 Å². The maximum absolute atomic E-state index is 11.8. The minimum Gasteiger partial charge on any atom is -0.469 e. The number of carbonyl (C=O) groups is 1. The van der Waals surface area contributed by atoms with Gasteiger partial charge in [0.05, 0.1) is 19.2 Å². The molecular formula is C20H21NO2. The normalized spacial score (nSPS) is 12.3. The van der Waals surface area contributed by atoms with Crippen molar-refractivity contribution in [2.24, 2.45) is 7.05 Å². The van der Waals surface area contributed by atoms with Crippen LogP contribution in [0, 0.1) is 0 Å². The van der Waals surface area contributed by atoms with Crippen molar-refractivity contribution < 1.29 is 9.53 Å². The molecule has 2 aromatic carbocycles. The van der Waals surface area contributed by atoms with Gasteiger partial charge in [0.1, 0.15) is 0 Å². The van der Waals surface area contributed by atoms with Crippen molar-refractivity contribution in [2.45, 2.75) is 19.3 Å². The first kappa shape index (κ1) is 15.3. The molecule has 0 saturated heterocycles. The highest BCUT2D eigenvalue weighted by atomic mass is 16.5. The van der Waals surface area contributed by atoms with Crippen molar-refractivity contribution in [2.75, 3.05) is 7.11 Å². The highest BCUT2D eigenvalue weighted by molar-refractivity contribution is 5.93. The topological polar surface area (TPSA) is 31.2 Å². The van der Waals surface area contributed by atoms with Crippen molar-refractivity contribution in [1.82, 2.24) is 4.57 Å². The summed E-state index contributed by atoms with van der Waals surface area (Å²) >= 11 is 0. The Morgan fingerprint density at radius 3 is 2.43 bits per heavy atom. The molecule has 0 bridgehead atoms. The van der Waals surface area contributed by atoms with Gasteiger partial charge in [-0.15, -0.1) is 0 Å². The van der Waals surface area contributed by atoms with Crippen LogP contribution >= 0.6 is 0 Å². The van der Waals surface area contributed by atoms with Crippen molar-refractivity contribution in [3.63, 3.8) is 0 Å². The zero-order chi connectivity index (χ0) is 16.4. The van der Waals surface area contributed by atoms with E-state index in [0.717, 1.165) is 5.56 Å². The molecule has 1 atom stereocenters. The monoisotopic (exact) mass is 307 g/mol. The molecule has 0 amide bonds. The molecule has 0 aliphatic carbocycles. The van der Waals surface area contributed by atoms with Crippen LogP contribution in [-0.2, 0) is 16.6 Å². The zero-order valence-corrected chi connectivity index (χ0v) is 13.7. The lowest BCUT2D eigenvalue weighted by Gasteiger charge is -2.14. The van der Waals surface area contributed by atoms with Crippen LogP contribution in [0.1, 0.15) is 24.8 Å². The molecule has 3 nitrogen and oxygen atoms in total. The highest BCUT2D eigenvalue weighted by Gasteiger charge is 2.22. The van der Waals surface area contributed by atoms with E-state index < -0.39 is 0 Å². The van der Waals surface area contributed by atoms with Gasteiger partial charge in [-0.1, -0.05) is 55.5 Å². The molecule has 3 rings (SSSR count). The third-order valence-electron chi connectivity index (χ3n) is 4.39. The molecule has 1 aromatic heterocycles. The molecule has 3 aromatic rings. The molecular weight excluding hydrogens is 286 g/mol. The molecule has 1 heterocycles. The standard InChI is InChI=1S/C20H21NO2/c1-14(13-18(22)23-3)19-16-11-7-8-12-17(16)21(2)20(19)15-9-5-4-6-10-15/h4-12,14H,13H2,1-3H3/t14-/m0/s1. The lowest BCUT2D eigenvalue weighted by atomic mass is 9.92. The average Bonchev–Trinajstić information content (AvgIpc) is 2.89. The number of para-hydroxylation sites is 1. The first-order chi connectivity index (χ1) is 11.1. The number of esters is 1. The van der Waals surface area contributed by atoms with Gasteiger partial charge in [0.2, 0.25) is 0 Å². The van der Waals surface area contributed by atoms with Gasteiger partial charge < -0.3 is 9.30 Å². The lowest BCUT2D eigenvalue weighted by Crippen LogP contribution is -2.07. The summed E-state index contributed by atoms with van der Waals surface area (Å²) in [5.41, 5.74) is 4.72. The molecule has 23 heavy (non-hydrogen) atoms. The molecule has 0 fully saturated rings. The first-order valence-electron chi connectivity index (χ1n) is 7.83. The predicted octanol–water partition coefficient (Wildman–Crippen LogP) is 4.51. The Labute approximate surface area is 136 Å². The number of aromatic nitrogens is 1. The second-order valence-electron chi connectivity index (χ2n) is 5.89. The number of nitrogens with zero attached hydrogens (tertiary/aromatic N) is 1. The number of fused-ring (bicyclic) bond motifs is 1. The number of ether oxygens (including phenoxy) is 1. The van der Waals surface area contributed by atoms with Crippen LogP contribution in [-0.4, -0.2) is 17.6 Å². The molecule has 0 N–H and O–H groups in total. The van der Waals surface area contributed by atoms with Crippen LogP contribution < -0.4 is 0 Å². The third-order valence-corrected chi connectivity index (χ3v) is 4.39. The van der Waals surface area contributed by atoms with E-state index in [4.69, 9.17) is 4.74 Å². The number of hydrogen-bond donors (Lipinski definition) is 0. The number of methoxy groups -OCH3 is 1. The van der Waals surface area contributed by atoms with E-state index in [2.05, 4.69) is 42.8 Å². The minimum atomic E-state index is -0.176. The summed E-state index contributed by atoms with van der Waals surface area (Å²) < 4.78 is 7.08. The van der Waals surface area contributed by atoms with Crippen LogP contribution in [0.2, 0.25) is 0 Å². The summed E-state index contributed by atoms with van der Waals surface area (Å²) in [7, 11) is 3.52. The van der Waals surface area contributed by atoms with E-state index in [1.54, 1.807) is 0 Å². The SMILES string of the molecule is COC(=O)C[C@H](C)c1c(-c2ccccc2)n(C)c2ccccc12. The summed E-state index contributed by atoms with van der Waals surface area (Å²) in [5, 5.41) is 1.20. The Balaban J connectivity index is 2.23. The van der Waals surface area contributed by atoms with Gasteiger partial charge in [-0.05, 0) is 23.1 Å². The van der Waals surface area contributed by atoms with Gasteiger partial charge in [-0.3, -0.25) is 4.79 Å². The fraction of sp³-hybridized carbons (Fsp3) is 0.250. The van der Waals surface area contributed by atoms with Gasteiger partial charge >= 0.3 is 5.97 Å². The second-order valence-corrected chi connectivity index (χ2v) is 5.89. The highest BCUT2D eigenvalue weighted by Crippen LogP contribution is 2.38. The molecule has 3 heteroatoms. The van der Waals surface area contributed by atoms with Gasteiger partial charge in [-0.2, -0.15) is 0 Å². The first-order valence-corrected chi connectivity index (χ1v) is 7.83. The summed E-state index contributed by atoms with van der Waals surface area (Å²) in [5.74, 6) is -0.0896. The fourth-order valence-corrected chi connectivity index (χ4v) is 3.30. The molecule has 0 unspecified atom stereocenters. The van der Waals surface area contributed by atoms with E-state index in [1.165, 1.54) is 29.3 Å². The Morgan fingerprint density at radius 1 is 1.09 bits per heavy atom. The fourth-order valence-electron chi connectivity index (χ4n) is 3.30. The molecule has 0 saturated carbocycles. The van der Waals surface area contributed by atoms with Crippen LogP contribution in [0.5, 0.6) is 0 Å². The number of carbonyl (C=O) groups excluding carboxylic acids is 1. The Morgan fingerprint density at radius 2 is 1.74 bits per heavy atom. The van der Waals surface area contributed by atoms with E-state index in [-0.39, 0.29) is 11.9 Å². The summed E-state index contributed by atoms with van der Waals surface area (Å²) in [6, 6.07) is 18.7. The molecule has 0 spiro atoms. The molecule has 0 aliphatic rings. The summed E-state index contributed by atoms with van der Waals surface area (Å²) in [6.45, 7) is 2.09. The molecule has 0 aliphatic heterocycles. The van der Waals surface area contributed by atoms with Crippen LogP contribution in [0.3, 0.4) is 0 Å². The van der Waals surface area contributed by atoms with Gasteiger partial charge in [0.25, 0.3) is 0 Å². The van der Waals surface area contributed by atoms with Crippen molar-refractivity contribution in [3.8, 4) is 11.3 Å². The second kappa shape index (κ2) is 6.29. The summed E-state index contributed by atoms with van der Waals surface area (Å²) in [4.78, 5) is 11.8. The van der Waals surface area contributed by atoms with Crippen LogP contribution in [0.15, 0.2) is 54.6 Å². The van der Waals surface area contributed by atoms with Gasteiger partial charge in [0.15, 0.2) is 0 Å². The maximum Gasteiger partial charge on any atom is 0.306 e. The number of rotatable bonds is 4. The van der Waals surface area contributed by atoms with Crippen LogP contribution in [0.4, 0.5) is 0 Å². The van der Waals surface area contributed by atoms with Gasteiger partial charge in [-0.25, -0.2) is 0 Å². The maximum atomic E-state index is 11.8. The van der Waals surface area contributed by atoms with Crippen molar-refractivity contribution >= 4 is 16.9 Å². The van der Waals surface area contributed by atoms with Crippen molar-refractivity contribution in [3.05, 3.63) is 60.2 Å². The Bertz CT molecular complexity index is 833. The Kier molecular flexibility index (Phi) is 4.20. The lowest BCUT2D eigenvalue weighted by molar-refractivity contribution is -0.140. The summed E-state index contributed by atoms with van der Waals surface area (Å²) in [6.07, 6.45) is 0.379. The number of benzene rings is 2. The third kappa shape index (κ3) is 2.74. The smallest absolute Gasteiger partial charge is 0.306 e. The predicted molar refractivity (Wildman–Crippen MR) is 93.4 cm³/mol. The Hall–Kier alpha value is -2.55. The number of aryl methyl sites for hydroxylation is 1. The quantitative estimate of drug-likeness (QED) is 0.664. The largest absolute Gasteiger partial charge is 0.469 e. The minimum absolute atomic E-state index is 0.0868. The van der Waals surface area contributed by atoms with E-state index >= 15 is 0 Å². The molecule has 118 valence electrons. The van der Waals surface area contributed by atoms with Crippen molar-refractivity contribution in [1.29, 1.82) is 0 Å². The number of hydrogen-bond acceptors (Lipinski definition) is 2. The molecule has 0 radical (unpaired) electrons.